The molecule has 0 radical (unpaired) electrons. The van der Waals surface area contributed by atoms with Crippen LogP contribution in [0.4, 0.5) is 0 Å². The number of hydrogen-bond acceptors (Lipinski definition) is 7. The molecule has 10 nitrogen and oxygen atoms in total. The number of aromatic nitrogens is 2. The third kappa shape index (κ3) is 2.68. The van der Waals surface area contributed by atoms with Gasteiger partial charge in [-0.25, -0.2) is 4.79 Å². The summed E-state index contributed by atoms with van der Waals surface area (Å²) in [5, 5.41) is 38.1. The van der Waals surface area contributed by atoms with Crippen LogP contribution in [0.25, 0.3) is 0 Å². The lowest BCUT2D eigenvalue weighted by atomic mass is 9.97. The fourth-order valence-corrected chi connectivity index (χ4v) is 2.54. The fraction of sp³-hybridized carbons (Fsp3) is 0.583. The first-order chi connectivity index (χ1) is 10.3. The Bertz CT molecular complexity index is 668. The molecule has 0 aromatic carbocycles. The van der Waals surface area contributed by atoms with E-state index in [4.69, 9.17) is 14.9 Å². The van der Waals surface area contributed by atoms with Crippen molar-refractivity contribution in [1.29, 1.82) is 0 Å². The molecule has 0 unspecified atom stereocenters. The summed E-state index contributed by atoms with van der Waals surface area (Å²) >= 11 is 0. The summed E-state index contributed by atoms with van der Waals surface area (Å²) < 4.78 is 6.23. The molecule has 5 N–H and O–H groups in total. The Balaban J connectivity index is 2.53. The van der Waals surface area contributed by atoms with Crippen molar-refractivity contribution in [1.82, 2.24) is 9.55 Å². The Hall–Kier alpha value is -2.01. The number of nitrogens with zero attached hydrogens (tertiary/aromatic N) is 1. The van der Waals surface area contributed by atoms with Crippen molar-refractivity contribution >= 4 is 5.97 Å². The van der Waals surface area contributed by atoms with E-state index < -0.39 is 54.3 Å². The van der Waals surface area contributed by atoms with Crippen LogP contribution in [0.15, 0.2) is 21.9 Å². The predicted molar refractivity (Wildman–Crippen MR) is 70.1 cm³/mol. The smallest absolute Gasteiger partial charge is 0.330 e. The number of rotatable bonds is 5. The summed E-state index contributed by atoms with van der Waals surface area (Å²) in [7, 11) is 0. The molecule has 4 atom stereocenters. The van der Waals surface area contributed by atoms with E-state index in [1.165, 1.54) is 0 Å². The van der Waals surface area contributed by atoms with Crippen molar-refractivity contribution in [2.24, 2.45) is 0 Å². The quantitative estimate of drug-likeness (QED) is 0.388. The van der Waals surface area contributed by atoms with Crippen molar-refractivity contribution in [2.45, 2.75) is 36.9 Å². The predicted octanol–water partition coefficient (Wildman–Crippen LogP) is -2.83. The summed E-state index contributed by atoms with van der Waals surface area (Å²) in [6.07, 6.45) is -4.14. The van der Waals surface area contributed by atoms with Gasteiger partial charge in [0, 0.05) is 18.7 Å². The highest BCUT2D eigenvalue weighted by Crippen LogP contribution is 2.38. The average molecular weight is 316 g/mol. The third-order valence-electron chi connectivity index (χ3n) is 3.63. The lowest BCUT2D eigenvalue weighted by molar-refractivity contribution is -0.162. The maximum absolute atomic E-state index is 11.9. The molecule has 0 amide bonds. The lowest BCUT2D eigenvalue weighted by Gasteiger charge is -2.33. The van der Waals surface area contributed by atoms with Crippen LogP contribution in [0.3, 0.4) is 0 Å². The van der Waals surface area contributed by atoms with Crippen molar-refractivity contribution < 1.29 is 30.0 Å². The third-order valence-corrected chi connectivity index (χ3v) is 3.63. The molecule has 1 aliphatic heterocycles. The van der Waals surface area contributed by atoms with E-state index in [0.29, 0.717) is 0 Å². The minimum absolute atomic E-state index is 0.344. The highest BCUT2D eigenvalue weighted by Gasteiger charge is 2.55. The molecule has 1 aromatic rings. The largest absolute Gasteiger partial charge is 0.481 e. The molecule has 1 aromatic heterocycles. The number of aliphatic carboxylic acids is 1. The van der Waals surface area contributed by atoms with Crippen LogP contribution in [0.2, 0.25) is 0 Å². The number of ether oxygens (including phenoxy) is 1. The first-order valence-corrected chi connectivity index (χ1v) is 6.51. The Kier molecular flexibility index (Phi) is 4.47. The van der Waals surface area contributed by atoms with Gasteiger partial charge < -0.3 is 25.2 Å². The number of aromatic amines is 1. The molecule has 2 rings (SSSR count). The molecule has 0 aliphatic carbocycles. The topological polar surface area (TPSA) is 162 Å². The van der Waals surface area contributed by atoms with E-state index in [1.807, 2.05) is 4.98 Å². The van der Waals surface area contributed by atoms with Gasteiger partial charge in [-0.2, -0.15) is 0 Å². The number of aliphatic hydroxyl groups is 3. The minimum atomic E-state index is -1.90. The molecule has 0 bridgehead atoms. The van der Waals surface area contributed by atoms with Crippen LogP contribution in [0, 0.1) is 0 Å². The van der Waals surface area contributed by atoms with Gasteiger partial charge in [-0.3, -0.25) is 19.1 Å². The zero-order valence-electron chi connectivity index (χ0n) is 11.4. The number of aliphatic hydroxyl groups excluding tert-OH is 3. The molecular weight excluding hydrogens is 300 g/mol. The first kappa shape index (κ1) is 16.4. The number of nitrogens with one attached hydrogen (secondary N) is 1. The van der Waals surface area contributed by atoms with Gasteiger partial charge in [0.2, 0.25) is 0 Å². The van der Waals surface area contributed by atoms with E-state index in [9.17, 15) is 24.6 Å². The maximum Gasteiger partial charge on any atom is 0.330 e. The van der Waals surface area contributed by atoms with Crippen LogP contribution in [-0.4, -0.2) is 60.9 Å². The monoisotopic (exact) mass is 316 g/mol. The first-order valence-electron chi connectivity index (χ1n) is 6.51. The molecule has 2 heterocycles. The van der Waals surface area contributed by atoms with Gasteiger partial charge in [-0.1, -0.05) is 0 Å². The summed E-state index contributed by atoms with van der Waals surface area (Å²) in [6.45, 7) is -0.634. The van der Waals surface area contributed by atoms with Crippen LogP contribution in [-0.2, 0) is 15.3 Å². The van der Waals surface area contributed by atoms with Crippen LogP contribution >= 0.6 is 0 Å². The van der Waals surface area contributed by atoms with Gasteiger partial charge in [0.15, 0.2) is 5.72 Å². The Morgan fingerprint density at radius 1 is 1.41 bits per heavy atom. The second kappa shape index (κ2) is 6.01. The van der Waals surface area contributed by atoms with E-state index >= 15 is 0 Å². The number of carboxylic acid groups (broad SMARTS) is 1. The minimum Gasteiger partial charge on any atom is -0.481 e. The Morgan fingerprint density at radius 3 is 2.59 bits per heavy atom. The molecule has 0 spiro atoms. The summed E-state index contributed by atoms with van der Waals surface area (Å²) in [4.78, 5) is 35.9. The highest BCUT2D eigenvalue weighted by atomic mass is 16.6. The molecule has 1 aliphatic rings. The Labute approximate surface area is 123 Å². The fourth-order valence-electron chi connectivity index (χ4n) is 2.54. The molecular formula is C12H16N2O8. The number of hydrogen-bond donors (Lipinski definition) is 5. The van der Waals surface area contributed by atoms with Gasteiger partial charge in [-0.05, 0) is 0 Å². The number of H-pyrrole nitrogens is 1. The van der Waals surface area contributed by atoms with Crippen molar-refractivity contribution in [3.05, 3.63) is 33.1 Å². The lowest BCUT2D eigenvalue weighted by Crippen LogP contribution is -2.51. The molecule has 22 heavy (non-hydrogen) atoms. The Morgan fingerprint density at radius 2 is 2.09 bits per heavy atom. The van der Waals surface area contributed by atoms with Gasteiger partial charge in [-0.15, -0.1) is 0 Å². The summed E-state index contributed by atoms with van der Waals surface area (Å²) in [6, 6.07) is 0.999. The van der Waals surface area contributed by atoms with Gasteiger partial charge in [0.1, 0.15) is 18.3 Å². The summed E-state index contributed by atoms with van der Waals surface area (Å²) in [5.41, 5.74) is -3.50. The second-order valence-electron chi connectivity index (χ2n) is 4.99. The SMILES string of the molecule is O=C(O)CC[C@@]1(n2ccc(=O)[nH]c2=O)O[C@H](CO)[C@@H](O)[C@H]1O. The van der Waals surface area contributed by atoms with Gasteiger partial charge in [0.25, 0.3) is 5.56 Å². The number of carboxylic acids is 1. The number of carbonyl (C=O) groups is 1. The molecule has 1 fully saturated rings. The van der Waals surface area contributed by atoms with Crippen molar-refractivity contribution in [3.63, 3.8) is 0 Å². The van der Waals surface area contributed by atoms with Gasteiger partial charge >= 0.3 is 11.7 Å². The molecule has 10 heteroatoms. The second-order valence-corrected chi connectivity index (χ2v) is 4.99. The van der Waals surface area contributed by atoms with Crippen LogP contribution in [0.1, 0.15) is 12.8 Å². The van der Waals surface area contributed by atoms with Crippen LogP contribution < -0.4 is 11.2 Å². The van der Waals surface area contributed by atoms with Crippen molar-refractivity contribution in [2.75, 3.05) is 6.61 Å². The standard InChI is InChI=1S/C12H16N2O8/c15-5-6-9(19)10(20)12(22-6,3-1-8(17)18)14-4-2-7(16)13-11(14)21/h2,4,6,9-10,15,19-20H,1,3,5H2,(H,17,18)(H,13,16,21)/t6-,9-,10-,12-/m1/s1. The maximum atomic E-state index is 11.9. The molecule has 122 valence electrons. The molecule has 1 saturated heterocycles. The van der Waals surface area contributed by atoms with Crippen LogP contribution in [0.5, 0.6) is 0 Å². The van der Waals surface area contributed by atoms with E-state index in [2.05, 4.69) is 0 Å². The normalized spacial score (nSPS) is 31.3. The average Bonchev–Trinajstić information content (AvgIpc) is 2.70. The van der Waals surface area contributed by atoms with E-state index in [1.54, 1.807) is 0 Å². The van der Waals surface area contributed by atoms with E-state index in [0.717, 1.165) is 16.8 Å². The highest BCUT2D eigenvalue weighted by molar-refractivity contribution is 5.66. The van der Waals surface area contributed by atoms with E-state index in [-0.39, 0.29) is 6.42 Å². The molecule has 0 saturated carbocycles. The van der Waals surface area contributed by atoms with Crippen molar-refractivity contribution in [3.8, 4) is 0 Å². The zero-order valence-corrected chi connectivity index (χ0v) is 11.4. The zero-order chi connectivity index (χ0) is 16.5. The van der Waals surface area contributed by atoms with Gasteiger partial charge in [0.05, 0.1) is 13.0 Å². The summed E-state index contributed by atoms with van der Waals surface area (Å²) in [5.74, 6) is -1.20.